The lowest BCUT2D eigenvalue weighted by molar-refractivity contribution is 0.0750. The van der Waals surface area contributed by atoms with Crippen molar-refractivity contribution in [2.24, 2.45) is 5.41 Å². The Bertz CT molecular complexity index is 1770. The Morgan fingerprint density at radius 3 is 2.20 bits per heavy atom. The Hall–Kier alpha value is -5.19. The summed E-state index contributed by atoms with van der Waals surface area (Å²) in [7, 11) is 0. The zero-order chi connectivity index (χ0) is 32.8. The van der Waals surface area contributed by atoms with E-state index in [2.05, 4.69) is 81.2 Å². The second kappa shape index (κ2) is 13.6. The van der Waals surface area contributed by atoms with Gasteiger partial charge in [-0.3, -0.25) is 0 Å². The molecule has 0 aromatic heterocycles. The van der Waals surface area contributed by atoms with Crippen molar-refractivity contribution in [1.29, 1.82) is 15.8 Å². The van der Waals surface area contributed by atoms with Crippen LogP contribution < -0.4 is 4.90 Å². The van der Waals surface area contributed by atoms with Gasteiger partial charge in [0.25, 0.3) is 0 Å². The van der Waals surface area contributed by atoms with Crippen LogP contribution in [0.3, 0.4) is 0 Å². The summed E-state index contributed by atoms with van der Waals surface area (Å²) in [5.41, 5.74) is 3.34. The summed E-state index contributed by atoms with van der Waals surface area (Å²) in [5.74, 6) is -2.28. The number of hydrogen-bond donors (Lipinski definition) is 0. The van der Waals surface area contributed by atoms with Crippen molar-refractivity contribution in [2.45, 2.75) is 53.1 Å². The van der Waals surface area contributed by atoms with Crippen LogP contribution in [0.1, 0.15) is 58.6 Å². The van der Waals surface area contributed by atoms with Crippen LogP contribution >= 0.6 is 0 Å². The van der Waals surface area contributed by atoms with Crippen molar-refractivity contribution in [1.82, 2.24) is 0 Å². The lowest BCUT2D eigenvalue weighted by Crippen LogP contribution is -2.24. The van der Waals surface area contributed by atoms with E-state index in [-0.39, 0.29) is 27.9 Å². The fraction of sp³-hybridized carbons (Fsp3) is 0.289. The van der Waals surface area contributed by atoms with E-state index in [1.807, 2.05) is 6.08 Å². The second-order valence-electron chi connectivity index (χ2n) is 12.0. The highest BCUT2D eigenvalue weighted by molar-refractivity contribution is 5.62. The van der Waals surface area contributed by atoms with Gasteiger partial charge in [0.05, 0.1) is 0 Å². The molecule has 0 N–H and O–H groups in total. The Morgan fingerprint density at radius 1 is 0.911 bits per heavy atom. The molecule has 1 unspecified atom stereocenters. The lowest BCUT2D eigenvalue weighted by Gasteiger charge is -2.30. The SMILES string of the molecule is CCN(CC)c1ccc(C=CC2=CC(=CC=CC3=C(C#N)C(=C(C#N)C#N)OC3(C)c3ccc(F)c(F)c3)CC(C)(C)C2)cc1. The number of rotatable bonds is 8. The predicted molar refractivity (Wildman–Crippen MR) is 173 cm³/mol. The molecule has 2 aromatic carbocycles. The average molecular weight is 603 g/mol. The Labute approximate surface area is 264 Å². The fourth-order valence-electron chi connectivity index (χ4n) is 5.91. The lowest BCUT2D eigenvalue weighted by atomic mass is 9.75. The Balaban J connectivity index is 1.69. The molecule has 5 nitrogen and oxygen atoms in total. The monoisotopic (exact) mass is 602 g/mol. The molecule has 228 valence electrons. The van der Waals surface area contributed by atoms with E-state index in [0.717, 1.165) is 49.2 Å². The summed E-state index contributed by atoms with van der Waals surface area (Å²) in [4.78, 5) is 2.31. The van der Waals surface area contributed by atoms with Crippen LogP contribution in [0.4, 0.5) is 14.5 Å². The van der Waals surface area contributed by atoms with Gasteiger partial charge in [0, 0.05) is 29.9 Å². The zero-order valence-corrected chi connectivity index (χ0v) is 26.3. The van der Waals surface area contributed by atoms with E-state index in [9.17, 15) is 24.6 Å². The number of ether oxygens (including phenoxy) is 1. The van der Waals surface area contributed by atoms with Gasteiger partial charge in [-0.2, -0.15) is 15.8 Å². The number of hydrogen-bond acceptors (Lipinski definition) is 5. The molecule has 7 heteroatoms. The summed E-state index contributed by atoms with van der Waals surface area (Å²) in [6.45, 7) is 12.2. The molecule has 0 fully saturated rings. The first-order valence-electron chi connectivity index (χ1n) is 14.9. The minimum atomic E-state index is -1.45. The molecular formula is C38H36F2N4O. The van der Waals surface area contributed by atoms with Crippen LogP contribution in [0.2, 0.25) is 0 Å². The molecule has 0 saturated heterocycles. The van der Waals surface area contributed by atoms with Crippen molar-refractivity contribution in [3.63, 3.8) is 0 Å². The van der Waals surface area contributed by atoms with E-state index in [4.69, 9.17) is 4.74 Å². The molecule has 0 bridgehead atoms. The number of nitrogens with zero attached hydrogens (tertiary/aromatic N) is 4. The minimum Gasteiger partial charge on any atom is -0.474 e. The standard InChI is InChI=1S/C38H36F2N4O/c1-6-44(7-2)31-16-13-26(14-17-31)11-12-28-19-27(21-37(3,4)22-28)9-8-10-33-32(25-43)36(29(23-41)24-42)45-38(33,5)30-15-18-34(39)35(40)20-30/h8-20H,6-7,21-22H2,1-5H3. The van der Waals surface area contributed by atoms with Crippen LogP contribution in [-0.4, -0.2) is 13.1 Å². The van der Waals surface area contributed by atoms with Gasteiger partial charge >= 0.3 is 0 Å². The van der Waals surface area contributed by atoms with Gasteiger partial charge in [-0.25, -0.2) is 8.78 Å². The van der Waals surface area contributed by atoms with Gasteiger partial charge in [0.15, 0.2) is 28.6 Å². The van der Waals surface area contributed by atoms with Crippen LogP contribution in [-0.2, 0) is 10.3 Å². The molecule has 0 radical (unpaired) electrons. The molecular weight excluding hydrogens is 566 g/mol. The predicted octanol–water partition coefficient (Wildman–Crippen LogP) is 9.12. The van der Waals surface area contributed by atoms with Gasteiger partial charge in [-0.05, 0) is 80.0 Å². The van der Waals surface area contributed by atoms with Crippen LogP contribution in [0.15, 0.2) is 106 Å². The first kappa shape index (κ1) is 32.7. The minimum absolute atomic E-state index is 0.00913. The zero-order valence-electron chi connectivity index (χ0n) is 26.3. The van der Waals surface area contributed by atoms with Crippen LogP contribution in [0, 0.1) is 51.0 Å². The number of benzene rings is 2. The average Bonchev–Trinajstić information content (AvgIpc) is 3.30. The molecule has 1 aliphatic carbocycles. The third kappa shape index (κ3) is 7.14. The van der Waals surface area contributed by atoms with Gasteiger partial charge in [-0.15, -0.1) is 0 Å². The van der Waals surface area contributed by atoms with E-state index >= 15 is 0 Å². The van der Waals surface area contributed by atoms with Gasteiger partial charge in [0.1, 0.15) is 23.8 Å². The maximum atomic E-state index is 14.3. The second-order valence-corrected chi connectivity index (χ2v) is 12.0. The van der Waals surface area contributed by atoms with E-state index in [1.54, 1.807) is 31.2 Å². The van der Waals surface area contributed by atoms with Crippen LogP contribution in [0.25, 0.3) is 6.08 Å². The van der Waals surface area contributed by atoms with Gasteiger partial charge < -0.3 is 9.64 Å². The number of nitriles is 3. The first-order valence-corrected chi connectivity index (χ1v) is 14.9. The Morgan fingerprint density at radius 2 is 1.60 bits per heavy atom. The summed E-state index contributed by atoms with van der Waals surface area (Å²) < 4.78 is 34.1. The smallest absolute Gasteiger partial charge is 0.172 e. The number of halogens is 2. The highest BCUT2D eigenvalue weighted by Gasteiger charge is 2.44. The highest BCUT2D eigenvalue weighted by Crippen LogP contribution is 2.47. The Kier molecular flexibility index (Phi) is 9.91. The first-order chi connectivity index (χ1) is 21.5. The van der Waals surface area contributed by atoms with Crippen molar-refractivity contribution >= 4 is 11.8 Å². The summed E-state index contributed by atoms with van der Waals surface area (Å²) in [5, 5.41) is 29.1. The normalized spacial score (nSPS) is 20.1. The third-order valence-corrected chi connectivity index (χ3v) is 8.17. The third-order valence-electron chi connectivity index (χ3n) is 8.17. The highest BCUT2D eigenvalue weighted by atomic mass is 19.2. The van der Waals surface area contributed by atoms with Crippen molar-refractivity contribution < 1.29 is 13.5 Å². The molecule has 1 heterocycles. The maximum Gasteiger partial charge on any atom is 0.172 e. The molecule has 45 heavy (non-hydrogen) atoms. The summed E-state index contributed by atoms with van der Waals surface area (Å²) in [6.07, 6.45) is 13.6. The number of allylic oxidation sites excluding steroid dienone is 8. The quantitative estimate of drug-likeness (QED) is 0.281. The number of anilines is 1. The molecule has 0 amide bonds. The van der Waals surface area contributed by atoms with Crippen molar-refractivity contribution in [3.8, 4) is 18.2 Å². The fourth-order valence-corrected chi connectivity index (χ4v) is 5.91. The van der Waals surface area contributed by atoms with Crippen molar-refractivity contribution in [3.05, 3.63) is 129 Å². The largest absolute Gasteiger partial charge is 0.474 e. The summed E-state index contributed by atoms with van der Waals surface area (Å²) >= 11 is 0. The molecule has 2 aliphatic rings. The molecule has 0 spiro atoms. The molecule has 2 aromatic rings. The van der Waals surface area contributed by atoms with Crippen LogP contribution in [0.5, 0.6) is 0 Å². The molecule has 0 saturated carbocycles. The topological polar surface area (TPSA) is 83.8 Å². The van der Waals surface area contributed by atoms with Crippen molar-refractivity contribution in [2.75, 3.05) is 18.0 Å². The van der Waals surface area contributed by atoms with E-state index in [0.29, 0.717) is 5.57 Å². The van der Waals surface area contributed by atoms with E-state index < -0.39 is 17.2 Å². The van der Waals surface area contributed by atoms with Gasteiger partial charge in [0.2, 0.25) is 0 Å². The maximum absolute atomic E-state index is 14.3. The molecule has 1 aliphatic heterocycles. The van der Waals surface area contributed by atoms with E-state index in [1.165, 1.54) is 17.3 Å². The summed E-state index contributed by atoms with van der Waals surface area (Å²) in [6, 6.07) is 17.5. The molecule has 4 rings (SSSR count). The van der Waals surface area contributed by atoms with Gasteiger partial charge in [-0.1, -0.05) is 68.5 Å². The molecule has 1 atom stereocenters.